The maximum Gasteiger partial charge on any atom is 0.356 e. The van der Waals surface area contributed by atoms with Crippen LogP contribution in [0.5, 0.6) is 0 Å². The summed E-state index contributed by atoms with van der Waals surface area (Å²) in [5, 5.41) is 12.9. The zero-order valence-corrected chi connectivity index (χ0v) is 7.99. The Kier molecular flexibility index (Phi) is 1.89. The highest BCUT2D eigenvalue weighted by atomic mass is 35.5. The Labute approximate surface area is 83.9 Å². The first-order chi connectivity index (χ1) is 6.59. The van der Waals surface area contributed by atoms with Gasteiger partial charge in [0.05, 0.1) is 6.20 Å². The van der Waals surface area contributed by atoms with Gasteiger partial charge in [0.25, 0.3) is 0 Å². The number of carboxylic acids is 1. The predicted octanol–water partition coefficient (Wildman–Crippen LogP) is 1.39. The predicted molar refractivity (Wildman–Crippen MR) is 49.7 cm³/mol. The zero-order chi connectivity index (χ0) is 10.3. The van der Waals surface area contributed by atoms with Crippen LogP contribution in [0.4, 0.5) is 0 Å². The number of aromatic nitrogens is 3. The lowest BCUT2D eigenvalue weighted by atomic mass is 10.3. The van der Waals surface area contributed by atoms with Gasteiger partial charge >= 0.3 is 5.97 Å². The highest BCUT2D eigenvalue weighted by molar-refractivity contribution is 6.29. The van der Waals surface area contributed by atoms with Crippen molar-refractivity contribution >= 4 is 23.2 Å². The van der Waals surface area contributed by atoms with Crippen molar-refractivity contribution in [2.75, 3.05) is 0 Å². The highest BCUT2D eigenvalue weighted by Gasteiger charge is 2.13. The number of hydrogen-bond acceptors (Lipinski definition) is 3. The number of imidazole rings is 1. The van der Waals surface area contributed by atoms with Gasteiger partial charge < -0.3 is 5.11 Å². The van der Waals surface area contributed by atoms with Crippen molar-refractivity contribution in [1.82, 2.24) is 14.6 Å². The van der Waals surface area contributed by atoms with Crippen molar-refractivity contribution in [3.8, 4) is 0 Å². The summed E-state index contributed by atoms with van der Waals surface area (Å²) in [5.74, 6) is -1.08. The van der Waals surface area contributed by atoms with Gasteiger partial charge in [-0.2, -0.15) is 5.10 Å². The molecule has 0 amide bonds. The second-order valence-electron chi connectivity index (χ2n) is 2.83. The van der Waals surface area contributed by atoms with Crippen LogP contribution in [0.15, 0.2) is 12.3 Å². The van der Waals surface area contributed by atoms with Crippen molar-refractivity contribution in [3.05, 3.63) is 28.7 Å². The summed E-state index contributed by atoms with van der Waals surface area (Å²) in [4.78, 5) is 14.7. The average molecular weight is 212 g/mol. The fraction of sp³-hybridized carbons (Fsp3) is 0.125. The minimum atomic E-state index is -1.08. The monoisotopic (exact) mass is 211 g/mol. The number of halogens is 1. The summed E-state index contributed by atoms with van der Waals surface area (Å²) in [6.07, 6.45) is 1.26. The molecule has 2 heterocycles. The van der Waals surface area contributed by atoms with E-state index in [4.69, 9.17) is 16.7 Å². The zero-order valence-electron chi connectivity index (χ0n) is 7.23. The molecule has 0 saturated heterocycles. The highest BCUT2D eigenvalue weighted by Crippen LogP contribution is 2.14. The maximum atomic E-state index is 10.8. The topological polar surface area (TPSA) is 67.5 Å². The van der Waals surface area contributed by atoms with Crippen LogP contribution in [-0.2, 0) is 0 Å². The molecule has 2 rings (SSSR count). The molecule has 0 saturated carbocycles. The SMILES string of the molecule is Cc1cc(Cl)nn2c(C(=O)O)cnc12. The van der Waals surface area contributed by atoms with E-state index in [0.717, 1.165) is 5.56 Å². The minimum Gasteiger partial charge on any atom is -0.476 e. The molecule has 0 aliphatic carbocycles. The molecule has 1 N–H and O–H groups in total. The second kappa shape index (κ2) is 2.95. The lowest BCUT2D eigenvalue weighted by molar-refractivity contribution is 0.0688. The van der Waals surface area contributed by atoms with E-state index < -0.39 is 5.97 Å². The lowest BCUT2D eigenvalue weighted by Gasteiger charge is -1.99. The first-order valence-electron chi connectivity index (χ1n) is 3.84. The molecule has 0 bridgehead atoms. The summed E-state index contributed by atoms with van der Waals surface area (Å²) >= 11 is 5.70. The Hall–Kier alpha value is -1.62. The number of aryl methyl sites for hydroxylation is 1. The van der Waals surface area contributed by atoms with E-state index in [1.807, 2.05) is 0 Å². The molecule has 5 nitrogen and oxygen atoms in total. The number of aromatic carboxylic acids is 1. The quantitative estimate of drug-likeness (QED) is 0.774. The second-order valence-corrected chi connectivity index (χ2v) is 3.22. The summed E-state index contributed by atoms with van der Waals surface area (Å²) in [5.41, 5.74) is 1.30. The number of carboxylic acid groups (broad SMARTS) is 1. The Bertz CT molecular complexity index is 521. The van der Waals surface area contributed by atoms with Gasteiger partial charge in [0.1, 0.15) is 5.15 Å². The van der Waals surface area contributed by atoms with Gasteiger partial charge in [-0.1, -0.05) is 11.6 Å². The van der Waals surface area contributed by atoms with Gasteiger partial charge in [-0.3, -0.25) is 0 Å². The number of carbonyl (C=O) groups is 1. The normalized spacial score (nSPS) is 10.7. The van der Waals surface area contributed by atoms with Crippen LogP contribution in [0.1, 0.15) is 16.1 Å². The van der Waals surface area contributed by atoms with Crippen LogP contribution in [0, 0.1) is 6.92 Å². The smallest absolute Gasteiger partial charge is 0.356 e. The number of nitrogens with zero attached hydrogens (tertiary/aromatic N) is 3. The number of fused-ring (bicyclic) bond motifs is 1. The summed E-state index contributed by atoms with van der Waals surface area (Å²) in [6.45, 7) is 1.79. The molecule has 0 unspecified atom stereocenters. The van der Waals surface area contributed by atoms with Gasteiger partial charge in [0, 0.05) is 0 Å². The molecule has 6 heteroatoms. The van der Waals surface area contributed by atoms with E-state index in [-0.39, 0.29) is 10.8 Å². The Morgan fingerprint density at radius 1 is 1.64 bits per heavy atom. The van der Waals surface area contributed by atoms with Crippen LogP contribution >= 0.6 is 11.6 Å². The molecule has 0 aliphatic heterocycles. The minimum absolute atomic E-state index is 0.00519. The van der Waals surface area contributed by atoms with Crippen molar-refractivity contribution in [3.63, 3.8) is 0 Å². The Balaban J connectivity index is 2.85. The molecule has 72 valence electrons. The fourth-order valence-corrected chi connectivity index (χ4v) is 1.47. The van der Waals surface area contributed by atoms with E-state index in [9.17, 15) is 4.79 Å². The maximum absolute atomic E-state index is 10.8. The molecular weight excluding hydrogens is 206 g/mol. The standard InChI is InChI=1S/C8H6ClN3O2/c1-4-2-6(9)11-12-5(8(13)14)3-10-7(4)12/h2-3H,1H3,(H,13,14). The number of hydrogen-bond donors (Lipinski definition) is 1. The van der Waals surface area contributed by atoms with Crippen molar-refractivity contribution in [2.45, 2.75) is 6.92 Å². The van der Waals surface area contributed by atoms with Crippen molar-refractivity contribution in [2.24, 2.45) is 0 Å². The van der Waals surface area contributed by atoms with Crippen LogP contribution in [-0.4, -0.2) is 25.7 Å². The van der Waals surface area contributed by atoms with Crippen LogP contribution in [0.2, 0.25) is 5.15 Å². The number of rotatable bonds is 1. The third-order valence-corrected chi connectivity index (χ3v) is 2.03. The Morgan fingerprint density at radius 3 is 3.00 bits per heavy atom. The fourth-order valence-electron chi connectivity index (χ4n) is 1.23. The van der Waals surface area contributed by atoms with E-state index in [0.29, 0.717) is 5.65 Å². The summed E-state index contributed by atoms with van der Waals surface area (Å²) < 4.78 is 1.22. The van der Waals surface area contributed by atoms with Gasteiger partial charge in [-0.25, -0.2) is 14.3 Å². The molecule has 0 atom stereocenters. The summed E-state index contributed by atoms with van der Waals surface area (Å²) in [6, 6.07) is 1.63. The van der Waals surface area contributed by atoms with Gasteiger partial charge in [0.15, 0.2) is 11.3 Å². The van der Waals surface area contributed by atoms with Crippen LogP contribution < -0.4 is 0 Å². The third kappa shape index (κ3) is 1.22. The van der Waals surface area contributed by atoms with E-state index in [1.54, 1.807) is 13.0 Å². The van der Waals surface area contributed by atoms with Gasteiger partial charge in [-0.05, 0) is 18.6 Å². The third-order valence-electron chi connectivity index (χ3n) is 1.84. The average Bonchev–Trinajstić information content (AvgIpc) is 2.47. The summed E-state index contributed by atoms with van der Waals surface area (Å²) in [7, 11) is 0. The van der Waals surface area contributed by atoms with Gasteiger partial charge in [-0.15, -0.1) is 0 Å². The van der Waals surface area contributed by atoms with Gasteiger partial charge in [0.2, 0.25) is 0 Å². The van der Waals surface area contributed by atoms with E-state index >= 15 is 0 Å². The van der Waals surface area contributed by atoms with Crippen molar-refractivity contribution in [1.29, 1.82) is 0 Å². The first-order valence-corrected chi connectivity index (χ1v) is 4.21. The van der Waals surface area contributed by atoms with E-state index in [2.05, 4.69) is 10.1 Å². The molecule has 0 fully saturated rings. The largest absolute Gasteiger partial charge is 0.476 e. The molecule has 14 heavy (non-hydrogen) atoms. The van der Waals surface area contributed by atoms with Crippen LogP contribution in [0.25, 0.3) is 5.65 Å². The molecule has 0 aromatic carbocycles. The molecule has 2 aromatic heterocycles. The molecule has 0 radical (unpaired) electrons. The Morgan fingerprint density at radius 2 is 2.36 bits per heavy atom. The lowest BCUT2D eigenvalue weighted by Crippen LogP contribution is -2.05. The molecule has 0 spiro atoms. The van der Waals surface area contributed by atoms with Crippen molar-refractivity contribution < 1.29 is 9.90 Å². The molecule has 0 aliphatic rings. The van der Waals surface area contributed by atoms with E-state index in [1.165, 1.54) is 10.7 Å². The first kappa shape index (κ1) is 8.96. The van der Waals surface area contributed by atoms with Crippen LogP contribution in [0.3, 0.4) is 0 Å². The molecule has 2 aromatic rings. The molecular formula is C8H6ClN3O2.